The van der Waals surface area contributed by atoms with Crippen LogP contribution in [-0.4, -0.2) is 32.3 Å². The fourth-order valence-corrected chi connectivity index (χ4v) is 1.83. The Hall–Kier alpha value is -2.50. The number of carbonyl (C=O) groups is 1. The summed E-state index contributed by atoms with van der Waals surface area (Å²) in [4.78, 5) is 26.3. The summed E-state index contributed by atoms with van der Waals surface area (Å²) in [7, 11) is 4.21. The molecule has 0 saturated carbocycles. The maximum atomic E-state index is 12.1. The van der Waals surface area contributed by atoms with Gasteiger partial charge in [-0.05, 0) is 0 Å². The van der Waals surface area contributed by atoms with Crippen molar-refractivity contribution in [2.75, 3.05) is 21.3 Å². The van der Waals surface area contributed by atoms with Gasteiger partial charge in [0.15, 0.2) is 5.43 Å². The summed E-state index contributed by atoms with van der Waals surface area (Å²) in [5.41, 5.74) is 0.202. The van der Waals surface area contributed by atoms with Crippen molar-refractivity contribution in [1.82, 2.24) is 4.98 Å². The molecule has 0 aliphatic heterocycles. The van der Waals surface area contributed by atoms with Gasteiger partial charge >= 0.3 is 5.97 Å². The first-order valence-electron chi connectivity index (χ1n) is 5.48. The van der Waals surface area contributed by atoms with Crippen molar-refractivity contribution in [3.63, 3.8) is 0 Å². The number of ether oxygens (including phenoxy) is 3. The predicted molar refractivity (Wildman–Crippen MR) is 69.0 cm³/mol. The van der Waals surface area contributed by atoms with E-state index in [-0.39, 0.29) is 11.1 Å². The van der Waals surface area contributed by atoms with E-state index in [1.807, 2.05) is 0 Å². The van der Waals surface area contributed by atoms with Crippen LogP contribution in [0.3, 0.4) is 0 Å². The van der Waals surface area contributed by atoms with E-state index >= 15 is 0 Å². The lowest BCUT2D eigenvalue weighted by Gasteiger charge is -2.09. The first-order valence-corrected chi connectivity index (χ1v) is 5.48. The molecule has 1 aromatic heterocycles. The molecular formula is C13H13NO5. The average Bonchev–Trinajstić information content (AvgIpc) is 2.44. The summed E-state index contributed by atoms with van der Waals surface area (Å²) in [5.74, 6) is 0.287. The highest BCUT2D eigenvalue weighted by Gasteiger charge is 2.14. The number of methoxy groups -OCH3 is 3. The Morgan fingerprint density at radius 3 is 2.42 bits per heavy atom. The van der Waals surface area contributed by atoms with Crippen molar-refractivity contribution < 1.29 is 19.0 Å². The van der Waals surface area contributed by atoms with Crippen LogP contribution in [0.15, 0.2) is 23.0 Å². The van der Waals surface area contributed by atoms with Crippen molar-refractivity contribution in [2.45, 2.75) is 0 Å². The minimum atomic E-state index is -0.610. The molecule has 100 valence electrons. The molecule has 0 saturated heterocycles. The highest BCUT2D eigenvalue weighted by atomic mass is 16.5. The molecule has 0 radical (unpaired) electrons. The van der Waals surface area contributed by atoms with Gasteiger partial charge in [-0.2, -0.15) is 0 Å². The number of H-pyrrole nitrogens is 1. The monoisotopic (exact) mass is 263 g/mol. The molecule has 0 atom stereocenters. The summed E-state index contributed by atoms with van der Waals surface area (Å²) in [6.07, 6.45) is 0. The second kappa shape index (κ2) is 5.01. The molecule has 6 nitrogen and oxygen atoms in total. The molecule has 0 aliphatic carbocycles. The van der Waals surface area contributed by atoms with Gasteiger partial charge < -0.3 is 19.2 Å². The second-order valence-electron chi connectivity index (χ2n) is 3.79. The van der Waals surface area contributed by atoms with Gasteiger partial charge in [0.1, 0.15) is 17.2 Å². The standard InChI is InChI=1S/C13H13NO5/c1-17-7-4-8-12(11(5-7)18-2)10(15)6-9(14-8)13(16)19-3/h4-6H,1-3H3,(H,14,15). The third-order valence-corrected chi connectivity index (χ3v) is 2.73. The van der Waals surface area contributed by atoms with Gasteiger partial charge in [0, 0.05) is 18.2 Å². The quantitative estimate of drug-likeness (QED) is 0.845. The zero-order chi connectivity index (χ0) is 14.0. The lowest BCUT2D eigenvalue weighted by molar-refractivity contribution is 0.0594. The van der Waals surface area contributed by atoms with E-state index < -0.39 is 5.97 Å². The van der Waals surface area contributed by atoms with Crippen molar-refractivity contribution in [1.29, 1.82) is 0 Å². The van der Waals surface area contributed by atoms with Crippen LogP contribution in [0.4, 0.5) is 0 Å². The van der Waals surface area contributed by atoms with E-state index in [2.05, 4.69) is 9.72 Å². The predicted octanol–water partition coefficient (Wildman–Crippen LogP) is 1.33. The lowest BCUT2D eigenvalue weighted by atomic mass is 10.1. The Morgan fingerprint density at radius 2 is 1.84 bits per heavy atom. The molecule has 1 N–H and O–H groups in total. The zero-order valence-corrected chi connectivity index (χ0v) is 10.8. The normalized spacial score (nSPS) is 10.3. The Morgan fingerprint density at radius 1 is 1.11 bits per heavy atom. The topological polar surface area (TPSA) is 77.6 Å². The SMILES string of the molecule is COC(=O)c1cc(=O)c2c(OC)cc(OC)cc2[nH]1. The Bertz CT molecular complexity index is 689. The van der Waals surface area contributed by atoms with Crippen LogP contribution in [0, 0.1) is 0 Å². The van der Waals surface area contributed by atoms with E-state index in [0.717, 1.165) is 0 Å². The molecule has 2 aromatic rings. The van der Waals surface area contributed by atoms with E-state index in [9.17, 15) is 9.59 Å². The lowest BCUT2D eigenvalue weighted by Crippen LogP contribution is -2.12. The first-order chi connectivity index (χ1) is 9.10. The molecule has 6 heteroatoms. The van der Waals surface area contributed by atoms with Crippen LogP contribution >= 0.6 is 0 Å². The maximum absolute atomic E-state index is 12.1. The van der Waals surface area contributed by atoms with Gasteiger partial charge in [-0.3, -0.25) is 4.79 Å². The number of fused-ring (bicyclic) bond motifs is 1. The van der Waals surface area contributed by atoms with Crippen LogP contribution in [-0.2, 0) is 4.74 Å². The number of aromatic nitrogens is 1. The van der Waals surface area contributed by atoms with Crippen molar-refractivity contribution in [3.8, 4) is 11.5 Å². The number of rotatable bonds is 3. The molecular weight excluding hydrogens is 250 g/mol. The number of hydrogen-bond donors (Lipinski definition) is 1. The summed E-state index contributed by atoms with van der Waals surface area (Å²) in [5, 5.41) is 0.357. The van der Waals surface area contributed by atoms with Crippen LogP contribution < -0.4 is 14.9 Å². The first kappa shape index (κ1) is 12.9. The molecule has 0 fully saturated rings. The largest absolute Gasteiger partial charge is 0.497 e. The molecule has 1 heterocycles. The van der Waals surface area contributed by atoms with E-state index in [4.69, 9.17) is 9.47 Å². The van der Waals surface area contributed by atoms with Crippen molar-refractivity contribution in [2.24, 2.45) is 0 Å². The summed E-state index contributed by atoms with van der Waals surface area (Å²) in [6, 6.07) is 4.41. The Labute approximate surface area is 108 Å². The highest BCUT2D eigenvalue weighted by Crippen LogP contribution is 2.27. The van der Waals surface area contributed by atoms with E-state index in [0.29, 0.717) is 22.4 Å². The number of hydrogen-bond acceptors (Lipinski definition) is 5. The number of aromatic amines is 1. The molecule has 0 bridgehead atoms. The fraction of sp³-hybridized carbons (Fsp3) is 0.231. The average molecular weight is 263 g/mol. The molecule has 0 aliphatic rings. The van der Waals surface area contributed by atoms with Crippen molar-refractivity contribution >= 4 is 16.9 Å². The van der Waals surface area contributed by atoms with Gasteiger partial charge in [-0.1, -0.05) is 0 Å². The molecule has 1 aromatic carbocycles. The Kier molecular flexibility index (Phi) is 3.41. The van der Waals surface area contributed by atoms with Gasteiger partial charge in [-0.15, -0.1) is 0 Å². The van der Waals surface area contributed by atoms with Gasteiger partial charge in [0.25, 0.3) is 0 Å². The minimum absolute atomic E-state index is 0.0790. The van der Waals surface area contributed by atoms with Crippen LogP contribution in [0.5, 0.6) is 11.5 Å². The third-order valence-electron chi connectivity index (χ3n) is 2.73. The van der Waals surface area contributed by atoms with Gasteiger partial charge in [-0.25, -0.2) is 4.79 Å². The highest BCUT2D eigenvalue weighted by molar-refractivity contribution is 5.93. The molecule has 19 heavy (non-hydrogen) atoms. The summed E-state index contributed by atoms with van der Waals surface area (Å²) in [6.45, 7) is 0. The number of esters is 1. The smallest absolute Gasteiger partial charge is 0.354 e. The Balaban J connectivity index is 2.80. The number of pyridine rings is 1. The molecule has 0 amide bonds. The van der Waals surface area contributed by atoms with E-state index in [1.165, 1.54) is 27.4 Å². The van der Waals surface area contributed by atoms with Crippen molar-refractivity contribution in [3.05, 3.63) is 34.1 Å². The molecule has 0 spiro atoms. The summed E-state index contributed by atoms with van der Waals surface area (Å²) >= 11 is 0. The third kappa shape index (κ3) is 2.24. The number of carbonyl (C=O) groups excluding carboxylic acids is 1. The summed E-state index contributed by atoms with van der Waals surface area (Å²) < 4.78 is 14.9. The zero-order valence-electron chi connectivity index (χ0n) is 10.8. The number of nitrogens with one attached hydrogen (secondary N) is 1. The van der Waals surface area contributed by atoms with Crippen LogP contribution in [0.2, 0.25) is 0 Å². The fourth-order valence-electron chi connectivity index (χ4n) is 1.83. The maximum Gasteiger partial charge on any atom is 0.354 e. The minimum Gasteiger partial charge on any atom is -0.497 e. The number of benzene rings is 1. The molecule has 0 unspecified atom stereocenters. The van der Waals surface area contributed by atoms with Gasteiger partial charge in [0.2, 0.25) is 0 Å². The van der Waals surface area contributed by atoms with Crippen LogP contribution in [0.25, 0.3) is 10.9 Å². The second-order valence-corrected chi connectivity index (χ2v) is 3.79. The molecule has 2 rings (SSSR count). The van der Waals surface area contributed by atoms with Crippen LogP contribution in [0.1, 0.15) is 10.5 Å². The van der Waals surface area contributed by atoms with Gasteiger partial charge in [0.05, 0.1) is 32.2 Å². The van der Waals surface area contributed by atoms with E-state index in [1.54, 1.807) is 12.1 Å².